The number of nitrogens with zero attached hydrogens (tertiary/aromatic N) is 1. The molecular formula is C14H21NO5S. The summed E-state index contributed by atoms with van der Waals surface area (Å²) in [5, 5.41) is 9.63. The van der Waals surface area contributed by atoms with E-state index < -0.39 is 16.0 Å². The lowest BCUT2D eigenvalue weighted by Gasteiger charge is -2.20. The first-order valence-corrected chi connectivity index (χ1v) is 8.23. The molecule has 1 aromatic carbocycles. The number of carbonyl (C=O) groups excluding carboxylic acids is 1. The van der Waals surface area contributed by atoms with Gasteiger partial charge in [-0.2, -0.15) is 4.31 Å². The van der Waals surface area contributed by atoms with Crippen molar-refractivity contribution in [1.29, 1.82) is 0 Å². The van der Waals surface area contributed by atoms with Crippen molar-refractivity contribution in [3.63, 3.8) is 0 Å². The van der Waals surface area contributed by atoms with Gasteiger partial charge in [0.15, 0.2) is 0 Å². The van der Waals surface area contributed by atoms with Crippen LogP contribution in [0, 0.1) is 0 Å². The van der Waals surface area contributed by atoms with Gasteiger partial charge in [-0.15, -0.1) is 0 Å². The van der Waals surface area contributed by atoms with Gasteiger partial charge in [0.25, 0.3) is 0 Å². The van der Waals surface area contributed by atoms with Crippen molar-refractivity contribution in [3.05, 3.63) is 23.8 Å². The molecular weight excluding hydrogens is 294 g/mol. The topological polar surface area (TPSA) is 83.9 Å². The predicted molar refractivity (Wildman–Crippen MR) is 78.8 cm³/mol. The summed E-state index contributed by atoms with van der Waals surface area (Å²) in [5.41, 5.74) is -0.162. The molecule has 0 radical (unpaired) electrons. The number of unbranched alkanes of at least 4 members (excludes halogenated alkanes) is 1. The van der Waals surface area contributed by atoms with Gasteiger partial charge < -0.3 is 9.84 Å². The average molecular weight is 315 g/mol. The lowest BCUT2D eigenvalue weighted by atomic mass is 10.2. The number of methoxy groups -OCH3 is 1. The van der Waals surface area contributed by atoms with Crippen molar-refractivity contribution in [2.45, 2.75) is 31.6 Å². The maximum absolute atomic E-state index is 12.5. The number of sulfonamides is 1. The van der Waals surface area contributed by atoms with Crippen LogP contribution in [0.5, 0.6) is 5.75 Å². The average Bonchev–Trinajstić information content (AvgIpc) is 2.47. The highest BCUT2D eigenvalue weighted by atomic mass is 32.2. The van der Waals surface area contributed by atoms with E-state index in [2.05, 4.69) is 4.74 Å². The van der Waals surface area contributed by atoms with E-state index in [1.165, 1.54) is 23.5 Å². The Morgan fingerprint density at radius 1 is 1.33 bits per heavy atom. The van der Waals surface area contributed by atoms with E-state index in [1.54, 1.807) is 6.92 Å². The first-order chi connectivity index (χ1) is 9.88. The van der Waals surface area contributed by atoms with Crippen LogP contribution in [0.4, 0.5) is 0 Å². The molecule has 0 fully saturated rings. The van der Waals surface area contributed by atoms with E-state index in [0.717, 1.165) is 18.9 Å². The summed E-state index contributed by atoms with van der Waals surface area (Å²) in [4.78, 5) is 11.5. The summed E-state index contributed by atoms with van der Waals surface area (Å²) < 4.78 is 31.0. The summed E-state index contributed by atoms with van der Waals surface area (Å²) in [6.07, 6.45) is 1.64. The molecule has 1 aromatic rings. The predicted octanol–water partition coefficient (Wildman–Crippen LogP) is 1.99. The molecule has 1 rings (SSSR count). The highest BCUT2D eigenvalue weighted by molar-refractivity contribution is 7.89. The molecule has 0 bridgehead atoms. The fourth-order valence-electron chi connectivity index (χ4n) is 1.88. The normalized spacial score (nSPS) is 11.6. The molecule has 6 nitrogen and oxygen atoms in total. The van der Waals surface area contributed by atoms with Gasteiger partial charge >= 0.3 is 5.97 Å². The van der Waals surface area contributed by atoms with Crippen LogP contribution in [-0.4, -0.2) is 44.0 Å². The first-order valence-electron chi connectivity index (χ1n) is 6.79. The molecule has 118 valence electrons. The number of esters is 1. The number of ether oxygens (including phenoxy) is 1. The number of rotatable bonds is 7. The van der Waals surface area contributed by atoms with Crippen LogP contribution in [0.1, 0.15) is 37.0 Å². The van der Waals surface area contributed by atoms with Gasteiger partial charge in [-0.25, -0.2) is 13.2 Å². The fourth-order valence-corrected chi connectivity index (χ4v) is 3.40. The third-order valence-corrected chi connectivity index (χ3v) is 5.10. The minimum absolute atomic E-state index is 0.0290. The zero-order chi connectivity index (χ0) is 16.0. The molecule has 0 unspecified atom stereocenters. The fraction of sp³-hybridized carbons (Fsp3) is 0.500. The summed E-state index contributed by atoms with van der Waals surface area (Å²) >= 11 is 0. The molecule has 0 aliphatic rings. The lowest BCUT2D eigenvalue weighted by molar-refractivity contribution is 0.0597. The standard InChI is InChI=1S/C14H21NO5S/c1-4-6-9-15(5-2)21(18,19)11-7-8-13(16)12(10-11)14(17)20-3/h7-8,10,16H,4-6,9H2,1-3H3. The monoisotopic (exact) mass is 315 g/mol. The molecule has 0 aliphatic heterocycles. The van der Waals surface area contributed by atoms with Crippen LogP contribution < -0.4 is 0 Å². The minimum Gasteiger partial charge on any atom is -0.507 e. The molecule has 21 heavy (non-hydrogen) atoms. The molecule has 0 heterocycles. The Labute approximate surface area is 125 Å². The molecule has 1 N–H and O–H groups in total. The Bertz CT molecular complexity index is 597. The number of aromatic hydroxyl groups is 1. The van der Waals surface area contributed by atoms with Gasteiger partial charge in [-0.3, -0.25) is 0 Å². The van der Waals surface area contributed by atoms with Crippen molar-refractivity contribution in [2.24, 2.45) is 0 Å². The highest BCUT2D eigenvalue weighted by Crippen LogP contribution is 2.24. The van der Waals surface area contributed by atoms with Crippen molar-refractivity contribution in [1.82, 2.24) is 4.31 Å². The van der Waals surface area contributed by atoms with Gasteiger partial charge in [0.05, 0.1) is 12.0 Å². The van der Waals surface area contributed by atoms with E-state index in [-0.39, 0.29) is 16.2 Å². The zero-order valence-corrected chi connectivity index (χ0v) is 13.3. The number of hydrogen-bond acceptors (Lipinski definition) is 5. The number of carbonyl (C=O) groups is 1. The van der Waals surface area contributed by atoms with E-state index >= 15 is 0 Å². The largest absolute Gasteiger partial charge is 0.507 e. The van der Waals surface area contributed by atoms with Crippen LogP contribution >= 0.6 is 0 Å². The van der Waals surface area contributed by atoms with Crippen LogP contribution in [0.15, 0.2) is 23.1 Å². The summed E-state index contributed by atoms with van der Waals surface area (Å²) in [6, 6.07) is 3.61. The van der Waals surface area contributed by atoms with Crippen molar-refractivity contribution in [3.8, 4) is 5.75 Å². The molecule has 0 spiro atoms. The van der Waals surface area contributed by atoms with Gasteiger partial charge in [-0.05, 0) is 24.6 Å². The van der Waals surface area contributed by atoms with Crippen LogP contribution in [0.25, 0.3) is 0 Å². The van der Waals surface area contributed by atoms with Gasteiger partial charge in [-0.1, -0.05) is 20.3 Å². The lowest BCUT2D eigenvalue weighted by Crippen LogP contribution is -2.32. The SMILES string of the molecule is CCCCN(CC)S(=O)(=O)c1ccc(O)c(C(=O)OC)c1. The summed E-state index contributed by atoms with van der Waals surface area (Å²) in [6.45, 7) is 4.51. The second kappa shape index (κ2) is 7.42. The Morgan fingerprint density at radius 3 is 2.52 bits per heavy atom. The number of hydrogen-bond donors (Lipinski definition) is 1. The molecule has 7 heteroatoms. The quantitative estimate of drug-likeness (QED) is 0.778. The zero-order valence-electron chi connectivity index (χ0n) is 12.5. The van der Waals surface area contributed by atoms with Gasteiger partial charge in [0.1, 0.15) is 11.3 Å². The van der Waals surface area contributed by atoms with Gasteiger partial charge in [0, 0.05) is 13.1 Å². The first kappa shape index (κ1) is 17.5. The number of phenolic OH excluding ortho intramolecular Hbond substituents is 1. The Morgan fingerprint density at radius 2 is 2.00 bits per heavy atom. The van der Waals surface area contributed by atoms with E-state index in [1.807, 2.05) is 6.92 Å². The third kappa shape index (κ3) is 3.95. The molecule has 0 amide bonds. The molecule has 0 saturated heterocycles. The Balaban J connectivity index is 3.22. The molecule has 0 aliphatic carbocycles. The van der Waals surface area contributed by atoms with E-state index in [0.29, 0.717) is 13.1 Å². The maximum Gasteiger partial charge on any atom is 0.341 e. The molecule has 0 atom stereocenters. The second-order valence-corrected chi connectivity index (χ2v) is 6.46. The Kier molecular flexibility index (Phi) is 6.17. The van der Waals surface area contributed by atoms with Gasteiger partial charge in [0.2, 0.25) is 10.0 Å². The molecule has 0 saturated carbocycles. The minimum atomic E-state index is -3.69. The van der Waals surface area contributed by atoms with Crippen LogP contribution in [0.3, 0.4) is 0 Å². The van der Waals surface area contributed by atoms with Crippen LogP contribution in [0.2, 0.25) is 0 Å². The van der Waals surface area contributed by atoms with E-state index in [9.17, 15) is 18.3 Å². The number of benzene rings is 1. The summed E-state index contributed by atoms with van der Waals surface area (Å²) in [5.74, 6) is -1.08. The Hall–Kier alpha value is -1.60. The van der Waals surface area contributed by atoms with E-state index in [4.69, 9.17) is 0 Å². The number of phenols is 1. The highest BCUT2D eigenvalue weighted by Gasteiger charge is 2.25. The molecule has 0 aromatic heterocycles. The second-order valence-electron chi connectivity index (χ2n) is 4.52. The maximum atomic E-state index is 12.5. The van der Waals surface area contributed by atoms with Crippen molar-refractivity contribution >= 4 is 16.0 Å². The summed E-state index contributed by atoms with van der Waals surface area (Å²) in [7, 11) is -2.52. The third-order valence-electron chi connectivity index (χ3n) is 3.12. The van der Waals surface area contributed by atoms with Crippen molar-refractivity contribution in [2.75, 3.05) is 20.2 Å². The smallest absolute Gasteiger partial charge is 0.341 e. The van der Waals surface area contributed by atoms with Crippen LogP contribution in [-0.2, 0) is 14.8 Å². The van der Waals surface area contributed by atoms with Crippen molar-refractivity contribution < 1.29 is 23.1 Å².